The standard InChI is InChI=1S/C13H22N2O3S/c1-3-19(17,18)15-8-11(2)14-9-12-5-4-6-13(7-12)10-16/h4-7,11,14-16H,3,8-10H2,1-2H3/t11-/m0/s1. The number of sulfonamides is 1. The maximum atomic E-state index is 11.3. The van der Waals surface area contributed by atoms with Crippen molar-refractivity contribution >= 4 is 10.0 Å². The maximum absolute atomic E-state index is 11.3. The molecule has 0 amide bonds. The lowest BCUT2D eigenvalue weighted by Gasteiger charge is -2.14. The number of hydrogen-bond acceptors (Lipinski definition) is 4. The molecular weight excluding hydrogens is 264 g/mol. The minimum absolute atomic E-state index is 0.0275. The molecule has 0 aliphatic rings. The first-order chi connectivity index (χ1) is 8.96. The first kappa shape index (κ1) is 16.1. The lowest BCUT2D eigenvalue weighted by molar-refractivity contribution is 0.281. The third-order valence-corrected chi connectivity index (χ3v) is 4.18. The van der Waals surface area contributed by atoms with Crippen LogP contribution in [0.5, 0.6) is 0 Å². The monoisotopic (exact) mass is 286 g/mol. The number of aliphatic hydroxyl groups excluding tert-OH is 1. The molecule has 5 nitrogen and oxygen atoms in total. The van der Waals surface area contributed by atoms with Crippen LogP contribution in [0.25, 0.3) is 0 Å². The van der Waals surface area contributed by atoms with Gasteiger partial charge in [0.25, 0.3) is 0 Å². The number of aliphatic hydroxyl groups is 1. The van der Waals surface area contributed by atoms with Crippen molar-refractivity contribution in [1.29, 1.82) is 0 Å². The summed E-state index contributed by atoms with van der Waals surface area (Å²) in [6.07, 6.45) is 0. The molecule has 0 saturated heterocycles. The molecule has 0 radical (unpaired) electrons. The lowest BCUT2D eigenvalue weighted by atomic mass is 10.1. The van der Waals surface area contributed by atoms with Gasteiger partial charge < -0.3 is 10.4 Å². The molecule has 0 aliphatic heterocycles. The molecule has 19 heavy (non-hydrogen) atoms. The van der Waals surface area contributed by atoms with Gasteiger partial charge in [0, 0.05) is 19.1 Å². The van der Waals surface area contributed by atoms with E-state index in [1.54, 1.807) is 6.92 Å². The Kier molecular flexibility index (Phi) is 6.44. The minimum Gasteiger partial charge on any atom is -0.392 e. The van der Waals surface area contributed by atoms with Crippen LogP contribution in [-0.2, 0) is 23.2 Å². The highest BCUT2D eigenvalue weighted by Crippen LogP contribution is 2.05. The van der Waals surface area contributed by atoms with E-state index in [1.807, 2.05) is 31.2 Å². The summed E-state index contributed by atoms with van der Waals surface area (Å²) in [4.78, 5) is 0. The molecule has 0 spiro atoms. The molecule has 1 rings (SSSR count). The molecule has 0 unspecified atom stereocenters. The number of nitrogens with one attached hydrogen (secondary N) is 2. The number of benzene rings is 1. The Morgan fingerprint density at radius 1 is 1.32 bits per heavy atom. The zero-order chi connectivity index (χ0) is 14.3. The largest absolute Gasteiger partial charge is 0.392 e. The summed E-state index contributed by atoms with van der Waals surface area (Å²) in [5.41, 5.74) is 1.94. The van der Waals surface area contributed by atoms with E-state index in [0.29, 0.717) is 13.1 Å². The number of rotatable bonds is 8. The Bertz CT molecular complexity index is 488. The van der Waals surface area contributed by atoms with Crippen LogP contribution in [-0.4, -0.2) is 31.9 Å². The van der Waals surface area contributed by atoms with Crippen LogP contribution in [0.3, 0.4) is 0 Å². The van der Waals surface area contributed by atoms with Crippen LogP contribution in [0.2, 0.25) is 0 Å². The second kappa shape index (κ2) is 7.59. The van der Waals surface area contributed by atoms with Crippen molar-refractivity contribution < 1.29 is 13.5 Å². The Labute approximate surface area is 115 Å². The van der Waals surface area contributed by atoms with Gasteiger partial charge in [0.05, 0.1) is 12.4 Å². The van der Waals surface area contributed by atoms with E-state index >= 15 is 0 Å². The molecule has 6 heteroatoms. The Morgan fingerprint density at radius 2 is 2.00 bits per heavy atom. The summed E-state index contributed by atoms with van der Waals surface area (Å²) < 4.78 is 25.1. The van der Waals surface area contributed by atoms with Crippen LogP contribution in [0.1, 0.15) is 25.0 Å². The zero-order valence-corrected chi connectivity index (χ0v) is 12.2. The highest BCUT2D eigenvalue weighted by molar-refractivity contribution is 7.89. The molecule has 0 aromatic heterocycles. The molecule has 1 aromatic rings. The molecule has 3 N–H and O–H groups in total. The van der Waals surface area contributed by atoms with Crippen LogP contribution in [0.15, 0.2) is 24.3 Å². The average molecular weight is 286 g/mol. The molecule has 1 aromatic carbocycles. The van der Waals surface area contributed by atoms with E-state index in [1.165, 1.54) is 0 Å². The summed E-state index contributed by atoms with van der Waals surface area (Å²) >= 11 is 0. The van der Waals surface area contributed by atoms with Gasteiger partial charge in [-0.25, -0.2) is 13.1 Å². The summed E-state index contributed by atoms with van der Waals surface area (Å²) in [7, 11) is -3.13. The number of hydrogen-bond donors (Lipinski definition) is 3. The fraction of sp³-hybridized carbons (Fsp3) is 0.538. The van der Waals surface area contributed by atoms with Gasteiger partial charge in [0.15, 0.2) is 0 Å². The SMILES string of the molecule is CCS(=O)(=O)NC[C@H](C)NCc1cccc(CO)c1. The highest BCUT2D eigenvalue weighted by atomic mass is 32.2. The summed E-state index contributed by atoms with van der Waals surface area (Å²) in [6.45, 7) is 4.58. The maximum Gasteiger partial charge on any atom is 0.211 e. The van der Waals surface area contributed by atoms with Crippen molar-refractivity contribution in [1.82, 2.24) is 10.0 Å². The summed E-state index contributed by atoms with van der Waals surface area (Å²) in [6, 6.07) is 7.69. The fourth-order valence-corrected chi connectivity index (χ4v) is 2.26. The van der Waals surface area contributed by atoms with Gasteiger partial charge in [-0.15, -0.1) is 0 Å². The predicted molar refractivity (Wildman–Crippen MR) is 76.1 cm³/mol. The highest BCUT2D eigenvalue weighted by Gasteiger charge is 2.08. The van der Waals surface area contributed by atoms with Crippen molar-refractivity contribution in [2.75, 3.05) is 12.3 Å². The topological polar surface area (TPSA) is 78.4 Å². The quantitative estimate of drug-likeness (QED) is 0.654. The van der Waals surface area contributed by atoms with Gasteiger partial charge in [-0.2, -0.15) is 0 Å². The van der Waals surface area contributed by atoms with Gasteiger partial charge in [-0.05, 0) is 25.0 Å². The van der Waals surface area contributed by atoms with Crippen LogP contribution in [0, 0.1) is 0 Å². The van der Waals surface area contributed by atoms with Crippen LogP contribution in [0.4, 0.5) is 0 Å². The molecule has 1 atom stereocenters. The molecule has 0 aliphatic carbocycles. The zero-order valence-electron chi connectivity index (χ0n) is 11.4. The summed E-state index contributed by atoms with van der Waals surface area (Å²) in [5, 5.41) is 12.3. The van der Waals surface area contributed by atoms with Crippen molar-refractivity contribution in [2.24, 2.45) is 0 Å². The average Bonchev–Trinajstić information content (AvgIpc) is 2.43. The molecule has 0 fully saturated rings. The van der Waals surface area contributed by atoms with E-state index in [-0.39, 0.29) is 18.4 Å². The Hall–Kier alpha value is -0.950. The molecular formula is C13H22N2O3S. The van der Waals surface area contributed by atoms with Gasteiger partial charge in [-0.1, -0.05) is 24.3 Å². The van der Waals surface area contributed by atoms with Crippen LogP contribution < -0.4 is 10.0 Å². The first-order valence-corrected chi connectivity index (χ1v) is 8.01. The second-order valence-corrected chi connectivity index (χ2v) is 6.61. The van der Waals surface area contributed by atoms with Crippen molar-refractivity contribution in [3.63, 3.8) is 0 Å². The third kappa shape index (κ3) is 6.15. The van der Waals surface area contributed by atoms with Gasteiger partial charge in [0.2, 0.25) is 10.0 Å². The van der Waals surface area contributed by atoms with Gasteiger partial charge >= 0.3 is 0 Å². The molecule has 108 valence electrons. The van der Waals surface area contributed by atoms with Crippen molar-refractivity contribution in [3.05, 3.63) is 35.4 Å². The normalized spacial score (nSPS) is 13.4. The fourth-order valence-electron chi connectivity index (χ4n) is 1.56. The van der Waals surface area contributed by atoms with E-state index in [0.717, 1.165) is 11.1 Å². The second-order valence-electron chi connectivity index (χ2n) is 4.51. The smallest absolute Gasteiger partial charge is 0.211 e. The van der Waals surface area contributed by atoms with Gasteiger partial charge in [-0.3, -0.25) is 0 Å². The van der Waals surface area contributed by atoms with Gasteiger partial charge in [0.1, 0.15) is 0 Å². The van der Waals surface area contributed by atoms with Crippen molar-refractivity contribution in [3.8, 4) is 0 Å². The van der Waals surface area contributed by atoms with E-state index in [4.69, 9.17) is 5.11 Å². The van der Waals surface area contributed by atoms with E-state index in [2.05, 4.69) is 10.0 Å². The Balaban J connectivity index is 2.39. The predicted octanol–water partition coefficient (Wildman–Crippen LogP) is 0.596. The minimum atomic E-state index is -3.13. The van der Waals surface area contributed by atoms with Crippen LogP contribution >= 0.6 is 0 Å². The lowest BCUT2D eigenvalue weighted by Crippen LogP contribution is -2.39. The molecule has 0 saturated carbocycles. The van der Waals surface area contributed by atoms with E-state index < -0.39 is 10.0 Å². The van der Waals surface area contributed by atoms with E-state index in [9.17, 15) is 8.42 Å². The third-order valence-electron chi connectivity index (χ3n) is 2.82. The molecule has 0 heterocycles. The van der Waals surface area contributed by atoms with Crippen molar-refractivity contribution in [2.45, 2.75) is 33.0 Å². The first-order valence-electron chi connectivity index (χ1n) is 6.36. The Morgan fingerprint density at radius 3 is 2.63 bits per heavy atom. The molecule has 0 bridgehead atoms. The summed E-state index contributed by atoms with van der Waals surface area (Å²) in [5.74, 6) is 0.0955.